The second-order valence-corrected chi connectivity index (χ2v) is 4.75. The molecule has 0 amide bonds. The Hall–Kier alpha value is -1.03. The van der Waals surface area contributed by atoms with Crippen LogP contribution in [0.25, 0.3) is 0 Å². The molecule has 1 aromatic carbocycles. The van der Waals surface area contributed by atoms with Crippen molar-refractivity contribution in [3.63, 3.8) is 0 Å². The van der Waals surface area contributed by atoms with E-state index in [1.54, 1.807) is 17.8 Å². The minimum atomic E-state index is -0.790. The van der Waals surface area contributed by atoms with E-state index >= 15 is 0 Å². The number of rotatable bonds is 2. The summed E-state index contributed by atoms with van der Waals surface area (Å²) in [4.78, 5) is 11.6. The summed E-state index contributed by atoms with van der Waals surface area (Å²) in [6, 6.07) is 4.61. The van der Waals surface area contributed by atoms with Crippen molar-refractivity contribution in [1.82, 2.24) is 0 Å². The summed E-state index contributed by atoms with van der Waals surface area (Å²) < 4.78 is 13.0. The maximum atomic E-state index is 13.0. The van der Waals surface area contributed by atoms with Gasteiger partial charge in [-0.1, -0.05) is 6.07 Å². The summed E-state index contributed by atoms with van der Waals surface area (Å²) in [5, 5.41) is 8.77. The molecule has 15 heavy (non-hydrogen) atoms. The van der Waals surface area contributed by atoms with Gasteiger partial charge in [0.2, 0.25) is 0 Å². The molecule has 0 radical (unpaired) electrons. The fourth-order valence-corrected chi connectivity index (χ4v) is 3.08. The van der Waals surface area contributed by atoms with Crippen LogP contribution < -0.4 is 0 Å². The van der Waals surface area contributed by atoms with E-state index in [9.17, 15) is 9.18 Å². The Kier molecular flexibility index (Phi) is 2.95. The molecule has 1 aliphatic heterocycles. The molecule has 4 heteroatoms. The highest BCUT2D eigenvalue weighted by Crippen LogP contribution is 2.39. The highest BCUT2D eigenvalue weighted by Gasteiger charge is 2.23. The summed E-state index contributed by atoms with van der Waals surface area (Å²) >= 11 is 1.60. The summed E-state index contributed by atoms with van der Waals surface area (Å²) in [6.07, 6.45) is 0.995. The molecule has 80 valence electrons. The molecule has 0 aromatic heterocycles. The average molecular weight is 226 g/mol. The molecule has 1 N–H and O–H groups in total. The molecule has 1 atom stereocenters. The molecule has 1 aromatic rings. The first-order valence-electron chi connectivity index (χ1n) is 4.81. The van der Waals surface area contributed by atoms with Crippen molar-refractivity contribution < 1.29 is 14.3 Å². The Bertz CT molecular complexity index is 392. The average Bonchev–Trinajstić information content (AvgIpc) is 2.16. The van der Waals surface area contributed by atoms with E-state index in [1.165, 1.54) is 12.1 Å². The molecule has 0 saturated heterocycles. The second-order valence-electron chi connectivity index (χ2n) is 3.61. The van der Waals surface area contributed by atoms with E-state index in [-0.39, 0.29) is 18.2 Å². The standard InChI is InChI=1S/C11H11FO2S/c12-8-1-2-9-7(5-11(13)14)3-4-15-10(9)6-8/h1-2,6-7H,3-5H2,(H,13,14). The monoisotopic (exact) mass is 226 g/mol. The number of fused-ring (bicyclic) bond motifs is 1. The molecule has 0 fully saturated rings. The molecule has 0 aliphatic carbocycles. The molecule has 2 rings (SSSR count). The topological polar surface area (TPSA) is 37.3 Å². The lowest BCUT2D eigenvalue weighted by atomic mass is 9.93. The zero-order chi connectivity index (χ0) is 10.8. The molecule has 1 aliphatic rings. The number of hydrogen-bond donors (Lipinski definition) is 1. The Morgan fingerprint density at radius 3 is 3.13 bits per heavy atom. The molecule has 0 saturated carbocycles. The Balaban J connectivity index is 2.30. The minimum absolute atomic E-state index is 0.0411. The van der Waals surface area contributed by atoms with E-state index in [4.69, 9.17) is 5.11 Å². The van der Waals surface area contributed by atoms with E-state index in [2.05, 4.69) is 0 Å². The van der Waals surface area contributed by atoms with Gasteiger partial charge in [-0.25, -0.2) is 4.39 Å². The SMILES string of the molecule is O=C(O)CC1CCSc2cc(F)ccc21. The number of thioether (sulfide) groups is 1. The van der Waals surface area contributed by atoms with Crippen molar-refractivity contribution in [2.24, 2.45) is 0 Å². The molecular weight excluding hydrogens is 215 g/mol. The van der Waals surface area contributed by atoms with Crippen LogP contribution >= 0.6 is 11.8 Å². The third-order valence-corrected chi connectivity index (χ3v) is 3.66. The van der Waals surface area contributed by atoms with Gasteiger partial charge in [0.05, 0.1) is 6.42 Å². The number of aliphatic carboxylic acids is 1. The number of carboxylic acids is 1. The second kappa shape index (κ2) is 4.23. The summed E-state index contributed by atoms with van der Waals surface area (Å²) in [7, 11) is 0. The number of carbonyl (C=O) groups is 1. The van der Waals surface area contributed by atoms with Gasteiger partial charge in [0.1, 0.15) is 5.82 Å². The van der Waals surface area contributed by atoms with Crippen LogP contribution in [0.5, 0.6) is 0 Å². The van der Waals surface area contributed by atoms with Gasteiger partial charge in [0.25, 0.3) is 0 Å². The summed E-state index contributed by atoms with van der Waals surface area (Å²) in [6.45, 7) is 0. The Labute approximate surface area is 91.5 Å². The Morgan fingerprint density at radius 2 is 2.40 bits per heavy atom. The van der Waals surface area contributed by atoms with Crippen LogP contribution in [0.1, 0.15) is 24.3 Å². The maximum Gasteiger partial charge on any atom is 0.303 e. The third kappa shape index (κ3) is 2.31. The summed E-state index contributed by atoms with van der Waals surface area (Å²) in [5.74, 6) is -0.132. The highest BCUT2D eigenvalue weighted by atomic mass is 32.2. The fourth-order valence-electron chi connectivity index (χ4n) is 1.86. The van der Waals surface area contributed by atoms with Crippen LogP contribution in [0.4, 0.5) is 4.39 Å². The van der Waals surface area contributed by atoms with Gasteiger partial charge in [-0.15, -0.1) is 11.8 Å². The quantitative estimate of drug-likeness (QED) is 0.842. The molecular formula is C11H11FO2S. The van der Waals surface area contributed by atoms with Crippen LogP contribution in [0.3, 0.4) is 0 Å². The predicted molar refractivity (Wildman–Crippen MR) is 56.7 cm³/mol. The van der Waals surface area contributed by atoms with Crippen molar-refractivity contribution in [2.45, 2.75) is 23.7 Å². The first-order chi connectivity index (χ1) is 7.16. The molecule has 1 unspecified atom stereocenters. The lowest BCUT2D eigenvalue weighted by molar-refractivity contribution is -0.137. The molecule has 1 heterocycles. The van der Waals surface area contributed by atoms with Gasteiger partial charge >= 0.3 is 5.97 Å². The third-order valence-electron chi connectivity index (χ3n) is 2.56. The normalized spacial score (nSPS) is 19.7. The first kappa shape index (κ1) is 10.5. The zero-order valence-corrected chi connectivity index (χ0v) is 8.89. The van der Waals surface area contributed by atoms with Gasteiger partial charge in [-0.2, -0.15) is 0 Å². The van der Waals surface area contributed by atoms with Crippen LogP contribution in [0, 0.1) is 5.82 Å². The van der Waals surface area contributed by atoms with Crippen molar-refractivity contribution in [3.05, 3.63) is 29.6 Å². The van der Waals surface area contributed by atoms with Crippen molar-refractivity contribution in [3.8, 4) is 0 Å². The molecule has 0 spiro atoms. The van der Waals surface area contributed by atoms with Crippen LogP contribution in [-0.2, 0) is 4.79 Å². The summed E-state index contributed by atoms with van der Waals surface area (Å²) in [5.41, 5.74) is 0.982. The van der Waals surface area contributed by atoms with Crippen LogP contribution in [-0.4, -0.2) is 16.8 Å². The number of benzene rings is 1. The number of hydrogen-bond acceptors (Lipinski definition) is 2. The van der Waals surface area contributed by atoms with Gasteiger partial charge < -0.3 is 5.11 Å². The van der Waals surface area contributed by atoms with Crippen LogP contribution in [0.2, 0.25) is 0 Å². The van der Waals surface area contributed by atoms with Crippen molar-refractivity contribution >= 4 is 17.7 Å². The smallest absolute Gasteiger partial charge is 0.303 e. The number of halogens is 1. The molecule has 2 nitrogen and oxygen atoms in total. The van der Waals surface area contributed by atoms with Gasteiger partial charge in [-0.05, 0) is 35.8 Å². The van der Waals surface area contributed by atoms with Gasteiger partial charge in [-0.3, -0.25) is 4.79 Å². The van der Waals surface area contributed by atoms with Gasteiger partial charge in [0.15, 0.2) is 0 Å². The van der Waals surface area contributed by atoms with Crippen molar-refractivity contribution in [1.29, 1.82) is 0 Å². The van der Waals surface area contributed by atoms with Crippen LogP contribution in [0.15, 0.2) is 23.1 Å². The van der Waals surface area contributed by atoms with Crippen molar-refractivity contribution in [2.75, 3.05) is 5.75 Å². The fraction of sp³-hybridized carbons (Fsp3) is 0.364. The zero-order valence-electron chi connectivity index (χ0n) is 8.07. The van der Waals surface area contributed by atoms with E-state index < -0.39 is 5.97 Å². The van der Waals surface area contributed by atoms with E-state index in [0.717, 1.165) is 22.6 Å². The van der Waals surface area contributed by atoms with E-state index in [0.29, 0.717) is 0 Å². The predicted octanol–water partition coefficient (Wildman–Crippen LogP) is 2.88. The van der Waals surface area contributed by atoms with Gasteiger partial charge in [0, 0.05) is 4.90 Å². The first-order valence-corrected chi connectivity index (χ1v) is 5.79. The maximum absolute atomic E-state index is 13.0. The largest absolute Gasteiger partial charge is 0.481 e. The lowest BCUT2D eigenvalue weighted by Gasteiger charge is -2.23. The van der Waals surface area contributed by atoms with E-state index in [1.807, 2.05) is 0 Å². The number of carboxylic acid groups (broad SMARTS) is 1. The minimum Gasteiger partial charge on any atom is -0.481 e. The Morgan fingerprint density at radius 1 is 1.60 bits per heavy atom. The lowest BCUT2D eigenvalue weighted by Crippen LogP contribution is -2.12. The molecule has 0 bridgehead atoms. The highest BCUT2D eigenvalue weighted by molar-refractivity contribution is 7.99.